The third-order valence-electron chi connectivity index (χ3n) is 1.97. The number of aliphatic hydroxyl groups is 1. The molecule has 0 aromatic carbocycles. The Balaban J connectivity index is 3.89. The van der Waals surface area contributed by atoms with Crippen LogP contribution < -0.4 is 0 Å². The fourth-order valence-corrected chi connectivity index (χ4v) is 1.34. The predicted octanol–water partition coefficient (Wildman–Crippen LogP) is 2.78. The molecule has 0 bridgehead atoms. The third kappa shape index (κ3) is 4.44. The van der Waals surface area contributed by atoms with Gasteiger partial charge < -0.3 is 5.11 Å². The second-order valence-corrected chi connectivity index (χ2v) is 3.50. The smallest absolute Gasteiger partial charge is 0.0545 e. The Morgan fingerprint density at radius 3 is 2.18 bits per heavy atom. The van der Waals surface area contributed by atoms with Crippen LogP contribution in [0, 0.1) is 11.8 Å². The van der Waals surface area contributed by atoms with Gasteiger partial charge in [0.1, 0.15) is 0 Å². The molecule has 0 aliphatic rings. The average molecular weight is 177 g/mol. The van der Waals surface area contributed by atoms with Gasteiger partial charge in [-0.3, -0.25) is 0 Å². The molecule has 0 spiro atoms. The van der Waals surface area contributed by atoms with Crippen LogP contribution in [0.2, 0.25) is 0 Å². The largest absolute Gasteiger partial charge is 0.393 e. The summed E-state index contributed by atoms with van der Waals surface area (Å²) in [5.41, 5.74) is 1.51. The van der Waals surface area contributed by atoms with E-state index in [2.05, 4.69) is 13.8 Å². The summed E-state index contributed by atoms with van der Waals surface area (Å²) in [6.07, 6.45) is 2.50. The molecular formula is C9H17ClO. The van der Waals surface area contributed by atoms with Gasteiger partial charge in [0.15, 0.2) is 0 Å². The van der Waals surface area contributed by atoms with Crippen LogP contribution in [0.5, 0.6) is 0 Å². The highest BCUT2D eigenvalue weighted by molar-refractivity contribution is 6.25. The van der Waals surface area contributed by atoms with Crippen LogP contribution in [0.15, 0.2) is 11.6 Å². The first kappa shape index (κ1) is 11.0. The molecule has 2 atom stereocenters. The van der Waals surface area contributed by atoms with Crippen molar-refractivity contribution in [2.45, 2.75) is 33.3 Å². The second kappa shape index (κ2) is 5.62. The van der Waals surface area contributed by atoms with Crippen LogP contribution >= 0.6 is 11.6 Å². The van der Waals surface area contributed by atoms with Crippen molar-refractivity contribution < 1.29 is 5.11 Å². The van der Waals surface area contributed by atoms with Gasteiger partial charge in [0, 0.05) is 5.54 Å². The summed E-state index contributed by atoms with van der Waals surface area (Å²) < 4.78 is 0. The van der Waals surface area contributed by atoms with Crippen molar-refractivity contribution in [1.82, 2.24) is 0 Å². The van der Waals surface area contributed by atoms with E-state index in [9.17, 15) is 5.11 Å². The fraction of sp³-hybridized carbons (Fsp3) is 0.778. The molecule has 1 N–H and O–H groups in total. The average Bonchev–Trinajstić information content (AvgIpc) is 1.87. The zero-order chi connectivity index (χ0) is 8.85. The van der Waals surface area contributed by atoms with Crippen LogP contribution in [0.25, 0.3) is 0 Å². The molecule has 0 heterocycles. The first-order valence-electron chi connectivity index (χ1n) is 4.02. The summed E-state index contributed by atoms with van der Waals surface area (Å²) >= 11 is 5.39. The maximum absolute atomic E-state index is 9.33. The first-order chi connectivity index (χ1) is 5.09. The van der Waals surface area contributed by atoms with Crippen molar-refractivity contribution in [2.75, 3.05) is 0 Å². The van der Waals surface area contributed by atoms with E-state index in [1.165, 1.54) is 5.54 Å². The highest BCUT2D eigenvalue weighted by atomic mass is 35.5. The molecule has 66 valence electrons. The van der Waals surface area contributed by atoms with E-state index in [1.807, 2.05) is 13.0 Å². The molecule has 2 heteroatoms. The molecule has 0 fully saturated rings. The summed E-state index contributed by atoms with van der Waals surface area (Å²) in [6.45, 7) is 6.05. The lowest BCUT2D eigenvalue weighted by Crippen LogP contribution is -2.21. The van der Waals surface area contributed by atoms with Gasteiger partial charge in [0.2, 0.25) is 0 Å². The minimum absolute atomic E-state index is 0.247. The maximum atomic E-state index is 9.33. The number of hydrogen-bond donors (Lipinski definition) is 1. The Bertz CT molecular complexity index is 111. The Morgan fingerprint density at radius 2 is 1.91 bits per heavy atom. The van der Waals surface area contributed by atoms with Gasteiger partial charge in [-0.1, -0.05) is 31.5 Å². The van der Waals surface area contributed by atoms with Crippen molar-refractivity contribution in [1.29, 1.82) is 0 Å². The van der Waals surface area contributed by atoms with E-state index < -0.39 is 0 Å². The molecular weight excluding hydrogens is 160 g/mol. The summed E-state index contributed by atoms with van der Waals surface area (Å²) in [4.78, 5) is 0. The van der Waals surface area contributed by atoms with Gasteiger partial charge in [0.25, 0.3) is 0 Å². The summed E-state index contributed by atoms with van der Waals surface area (Å²) in [6, 6.07) is 0. The van der Waals surface area contributed by atoms with Crippen molar-refractivity contribution in [3.8, 4) is 0 Å². The molecule has 0 aliphatic carbocycles. The Labute approximate surface area is 74.1 Å². The molecule has 0 amide bonds. The van der Waals surface area contributed by atoms with E-state index in [0.29, 0.717) is 11.8 Å². The van der Waals surface area contributed by atoms with Crippen molar-refractivity contribution in [3.05, 3.63) is 11.6 Å². The van der Waals surface area contributed by atoms with Crippen LogP contribution in [0.3, 0.4) is 0 Å². The van der Waals surface area contributed by atoms with Gasteiger partial charge in [-0.25, -0.2) is 0 Å². The van der Waals surface area contributed by atoms with E-state index in [-0.39, 0.29) is 6.10 Å². The third-order valence-corrected chi connectivity index (χ3v) is 2.15. The summed E-state index contributed by atoms with van der Waals surface area (Å²) in [5.74, 6) is 0.827. The lowest BCUT2D eigenvalue weighted by molar-refractivity contribution is 0.0994. The van der Waals surface area contributed by atoms with Crippen LogP contribution in [0.4, 0.5) is 0 Å². The highest BCUT2D eigenvalue weighted by Crippen LogP contribution is 2.19. The zero-order valence-electron chi connectivity index (χ0n) is 7.42. The SMILES string of the molecule is CC(C)C(C/C=C/Cl)C(C)O. The molecule has 2 unspecified atom stereocenters. The lowest BCUT2D eigenvalue weighted by Gasteiger charge is -2.21. The predicted molar refractivity (Wildman–Crippen MR) is 49.6 cm³/mol. The Morgan fingerprint density at radius 1 is 1.36 bits per heavy atom. The molecule has 0 saturated heterocycles. The molecule has 1 nitrogen and oxygen atoms in total. The second-order valence-electron chi connectivity index (χ2n) is 3.25. The fourth-order valence-electron chi connectivity index (χ4n) is 1.23. The van der Waals surface area contributed by atoms with E-state index in [0.717, 1.165) is 6.42 Å². The van der Waals surface area contributed by atoms with Crippen molar-refractivity contribution in [3.63, 3.8) is 0 Å². The van der Waals surface area contributed by atoms with Gasteiger partial charge >= 0.3 is 0 Å². The zero-order valence-corrected chi connectivity index (χ0v) is 8.17. The molecule has 0 rings (SSSR count). The van der Waals surface area contributed by atoms with Crippen LogP contribution in [0.1, 0.15) is 27.2 Å². The standard InChI is InChI=1S/C9H17ClO/c1-7(2)9(8(3)11)5-4-6-10/h4,6-9,11H,5H2,1-3H3/b6-4+. The number of halogens is 1. The van der Waals surface area contributed by atoms with Crippen LogP contribution in [-0.4, -0.2) is 11.2 Å². The number of hydrogen-bond acceptors (Lipinski definition) is 1. The van der Waals surface area contributed by atoms with Crippen molar-refractivity contribution in [2.24, 2.45) is 11.8 Å². The topological polar surface area (TPSA) is 20.2 Å². The van der Waals surface area contributed by atoms with Gasteiger partial charge in [-0.2, -0.15) is 0 Å². The number of rotatable bonds is 4. The highest BCUT2D eigenvalue weighted by Gasteiger charge is 2.16. The number of aliphatic hydroxyl groups excluding tert-OH is 1. The molecule has 11 heavy (non-hydrogen) atoms. The minimum Gasteiger partial charge on any atom is -0.393 e. The Kier molecular flexibility index (Phi) is 5.61. The molecule has 0 aromatic rings. The molecule has 0 aliphatic heterocycles. The van der Waals surface area contributed by atoms with Gasteiger partial charge in [0.05, 0.1) is 6.10 Å². The van der Waals surface area contributed by atoms with E-state index in [1.54, 1.807) is 0 Å². The quantitative estimate of drug-likeness (QED) is 0.699. The molecule has 0 saturated carbocycles. The Hall–Kier alpha value is -0.0100. The first-order valence-corrected chi connectivity index (χ1v) is 4.46. The molecule has 0 aromatic heterocycles. The lowest BCUT2D eigenvalue weighted by atomic mass is 9.88. The van der Waals surface area contributed by atoms with Gasteiger partial charge in [-0.15, -0.1) is 0 Å². The minimum atomic E-state index is -0.247. The normalized spacial score (nSPS) is 17.6. The summed E-state index contributed by atoms with van der Waals surface area (Å²) in [5, 5.41) is 9.33. The van der Waals surface area contributed by atoms with Gasteiger partial charge in [-0.05, 0) is 25.2 Å². The van der Waals surface area contributed by atoms with E-state index >= 15 is 0 Å². The maximum Gasteiger partial charge on any atom is 0.0545 e. The van der Waals surface area contributed by atoms with Crippen LogP contribution in [-0.2, 0) is 0 Å². The summed E-state index contributed by atoms with van der Waals surface area (Å²) in [7, 11) is 0. The van der Waals surface area contributed by atoms with Crippen molar-refractivity contribution >= 4 is 11.6 Å². The number of allylic oxidation sites excluding steroid dienone is 1. The monoisotopic (exact) mass is 176 g/mol. The molecule has 0 radical (unpaired) electrons. The van der Waals surface area contributed by atoms with E-state index in [4.69, 9.17) is 11.6 Å².